The van der Waals surface area contributed by atoms with Gasteiger partial charge in [-0.25, -0.2) is 0 Å². The highest BCUT2D eigenvalue weighted by Crippen LogP contribution is 2.40. The summed E-state index contributed by atoms with van der Waals surface area (Å²) in [5, 5.41) is 11.9. The molecule has 0 saturated heterocycles. The number of hydrogen-bond acceptors (Lipinski definition) is 5. The summed E-state index contributed by atoms with van der Waals surface area (Å²) in [5.41, 5.74) is 2.79. The summed E-state index contributed by atoms with van der Waals surface area (Å²) in [7, 11) is 1.92. The van der Waals surface area contributed by atoms with Gasteiger partial charge in [-0.1, -0.05) is 18.2 Å². The number of ether oxygens (including phenoxy) is 1. The van der Waals surface area contributed by atoms with Crippen LogP contribution in [-0.2, 0) is 18.4 Å². The second kappa shape index (κ2) is 5.91. The highest BCUT2D eigenvalue weighted by atomic mass is 16.5. The van der Waals surface area contributed by atoms with E-state index in [1.165, 1.54) is 6.92 Å². The average molecular weight is 340 g/mol. The number of anilines is 1. The first-order valence-electron chi connectivity index (χ1n) is 8.35. The molecular formula is C18H20N4O3. The van der Waals surface area contributed by atoms with Crippen LogP contribution in [0.25, 0.3) is 10.9 Å². The third-order valence-corrected chi connectivity index (χ3v) is 4.40. The third-order valence-electron chi connectivity index (χ3n) is 4.40. The topological polar surface area (TPSA) is 82.2 Å². The van der Waals surface area contributed by atoms with E-state index in [-0.39, 0.29) is 12.5 Å². The van der Waals surface area contributed by atoms with E-state index in [1.807, 2.05) is 36.7 Å². The first kappa shape index (κ1) is 15.7. The number of nitrogens with one attached hydrogen (secondary N) is 1. The van der Waals surface area contributed by atoms with Crippen molar-refractivity contribution in [3.05, 3.63) is 35.5 Å². The molecule has 1 saturated carbocycles. The molecule has 1 aromatic carbocycles. The molecule has 4 rings (SSSR count). The fraction of sp³-hybridized carbons (Fsp3) is 0.389. The molecule has 0 unspecified atom stereocenters. The van der Waals surface area contributed by atoms with Crippen molar-refractivity contribution < 1.29 is 13.9 Å². The molecule has 0 aliphatic heterocycles. The zero-order valence-electron chi connectivity index (χ0n) is 14.5. The van der Waals surface area contributed by atoms with Gasteiger partial charge in [-0.15, -0.1) is 10.2 Å². The van der Waals surface area contributed by atoms with Crippen molar-refractivity contribution >= 4 is 22.5 Å². The van der Waals surface area contributed by atoms with Crippen LogP contribution in [0.2, 0.25) is 0 Å². The van der Waals surface area contributed by atoms with Gasteiger partial charge >= 0.3 is 0 Å². The summed E-state index contributed by atoms with van der Waals surface area (Å²) in [6.07, 6.45) is 2.22. The van der Waals surface area contributed by atoms with Gasteiger partial charge in [-0.3, -0.25) is 4.79 Å². The normalized spacial score (nSPS) is 14.0. The molecule has 130 valence electrons. The number of rotatable bonds is 5. The molecule has 1 amide bonds. The fourth-order valence-corrected chi connectivity index (χ4v) is 3.11. The monoisotopic (exact) mass is 340 g/mol. The molecule has 0 spiro atoms. The predicted molar refractivity (Wildman–Crippen MR) is 92.6 cm³/mol. The van der Waals surface area contributed by atoms with E-state index >= 15 is 0 Å². The number of nitrogens with zero attached hydrogens (tertiary/aromatic N) is 3. The second-order valence-corrected chi connectivity index (χ2v) is 6.49. The van der Waals surface area contributed by atoms with Gasteiger partial charge in [0.1, 0.15) is 5.69 Å². The van der Waals surface area contributed by atoms with Crippen LogP contribution >= 0.6 is 0 Å². The molecule has 7 nitrogen and oxygen atoms in total. The fourth-order valence-electron chi connectivity index (χ4n) is 3.11. The van der Waals surface area contributed by atoms with Crippen LogP contribution in [0.1, 0.15) is 43.0 Å². The van der Waals surface area contributed by atoms with E-state index in [0.717, 1.165) is 29.3 Å². The highest BCUT2D eigenvalue weighted by molar-refractivity contribution is 6.05. The number of benzene rings is 1. The molecule has 1 N–H and O–H groups in total. The number of hydrogen-bond donors (Lipinski definition) is 1. The Kier molecular flexibility index (Phi) is 3.71. The zero-order chi connectivity index (χ0) is 17.6. The van der Waals surface area contributed by atoms with Gasteiger partial charge in [-0.2, -0.15) is 0 Å². The SMILES string of the molecule is CC(=O)Nc1c(OCc2nnc(C3CC3)o2)n(C)c2c(C)cccc12. The zero-order valence-corrected chi connectivity index (χ0v) is 14.5. The Morgan fingerprint density at radius 3 is 2.92 bits per heavy atom. The number of aryl methyl sites for hydroxylation is 2. The Bertz CT molecular complexity index is 953. The summed E-state index contributed by atoms with van der Waals surface area (Å²) in [6.45, 7) is 3.68. The number of carbonyl (C=O) groups excluding carboxylic acids is 1. The summed E-state index contributed by atoms with van der Waals surface area (Å²) in [5.74, 6) is 1.97. The lowest BCUT2D eigenvalue weighted by molar-refractivity contribution is -0.114. The predicted octanol–water partition coefficient (Wildman–Crippen LogP) is 3.28. The lowest BCUT2D eigenvalue weighted by atomic mass is 10.1. The number of aromatic nitrogens is 3. The van der Waals surface area contributed by atoms with Gasteiger partial charge in [0.2, 0.25) is 17.7 Å². The Morgan fingerprint density at radius 2 is 2.20 bits per heavy atom. The first-order valence-corrected chi connectivity index (χ1v) is 8.35. The standard InChI is InChI=1S/C18H20N4O3/c1-10-5-4-6-13-15(19-11(2)23)18(22(3)16(10)13)24-9-14-20-21-17(25-14)12-7-8-12/h4-6,12H,7-9H2,1-3H3,(H,19,23). The smallest absolute Gasteiger partial charge is 0.253 e. The molecule has 0 bridgehead atoms. The maximum absolute atomic E-state index is 11.6. The Labute approximate surface area is 145 Å². The molecule has 1 fully saturated rings. The Balaban J connectivity index is 1.67. The molecular weight excluding hydrogens is 320 g/mol. The van der Waals surface area contributed by atoms with Crippen LogP contribution in [0.15, 0.2) is 22.6 Å². The lowest BCUT2D eigenvalue weighted by Crippen LogP contribution is -2.08. The minimum Gasteiger partial charge on any atom is -0.467 e. The van der Waals surface area contributed by atoms with Crippen LogP contribution in [0, 0.1) is 6.92 Å². The maximum atomic E-state index is 11.6. The first-order chi connectivity index (χ1) is 12.0. The van der Waals surface area contributed by atoms with Crippen LogP contribution in [0.4, 0.5) is 5.69 Å². The van der Waals surface area contributed by atoms with E-state index in [9.17, 15) is 4.79 Å². The number of para-hydroxylation sites is 1. The summed E-state index contributed by atoms with van der Waals surface area (Å²) < 4.78 is 13.5. The van der Waals surface area contributed by atoms with E-state index in [1.54, 1.807) is 0 Å². The molecule has 1 aliphatic rings. The number of fused-ring (bicyclic) bond motifs is 1. The van der Waals surface area contributed by atoms with Crippen molar-refractivity contribution in [3.63, 3.8) is 0 Å². The van der Waals surface area contributed by atoms with Gasteiger partial charge in [0.25, 0.3) is 5.89 Å². The Morgan fingerprint density at radius 1 is 1.40 bits per heavy atom. The van der Waals surface area contributed by atoms with Crippen molar-refractivity contribution in [2.45, 2.75) is 39.2 Å². The van der Waals surface area contributed by atoms with Gasteiger partial charge in [0.15, 0.2) is 6.61 Å². The van der Waals surface area contributed by atoms with Gasteiger partial charge < -0.3 is 19.0 Å². The van der Waals surface area contributed by atoms with E-state index in [2.05, 4.69) is 15.5 Å². The second-order valence-electron chi connectivity index (χ2n) is 6.49. The lowest BCUT2D eigenvalue weighted by Gasteiger charge is -2.09. The van der Waals surface area contributed by atoms with Gasteiger partial charge in [0.05, 0.1) is 5.52 Å². The van der Waals surface area contributed by atoms with Crippen LogP contribution in [0.5, 0.6) is 5.88 Å². The van der Waals surface area contributed by atoms with Crippen LogP contribution in [-0.4, -0.2) is 20.7 Å². The molecule has 0 atom stereocenters. The summed E-state index contributed by atoms with van der Waals surface area (Å²) in [4.78, 5) is 11.6. The molecule has 25 heavy (non-hydrogen) atoms. The molecule has 0 radical (unpaired) electrons. The maximum Gasteiger partial charge on any atom is 0.253 e. The molecule has 3 aromatic rings. The minimum absolute atomic E-state index is 0.146. The summed E-state index contributed by atoms with van der Waals surface area (Å²) in [6, 6.07) is 5.97. The molecule has 2 heterocycles. The third kappa shape index (κ3) is 2.86. The molecule has 2 aromatic heterocycles. The van der Waals surface area contributed by atoms with Crippen LogP contribution in [0.3, 0.4) is 0 Å². The highest BCUT2D eigenvalue weighted by Gasteiger charge is 2.29. The van der Waals surface area contributed by atoms with Crippen LogP contribution < -0.4 is 10.1 Å². The largest absolute Gasteiger partial charge is 0.467 e. The van der Waals surface area contributed by atoms with Crippen molar-refractivity contribution in [2.75, 3.05) is 5.32 Å². The van der Waals surface area contributed by atoms with Crippen molar-refractivity contribution in [1.29, 1.82) is 0 Å². The molecule has 1 aliphatic carbocycles. The average Bonchev–Trinajstić information content (AvgIpc) is 3.25. The van der Waals surface area contributed by atoms with E-state index in [0.29, 0.717) is 29.3 Å². The van der Waals surface area contributed by atoms with Gasteiger partial charge in [0, 0.05) is 25.3 Å². The van der Waals surface area contributed by atoms with Crippen molar-refractivity contribution in [3.8, 4) is 5.88 Å². The summed E-state index contributed by atoms with van der Waals surface area (Å²) >= 11 is 0. The quantitative estimate of drug-likeness (QED) is 0.771. The van der Waals surface area contributed by atoms with E-state index < -0.39 is 0 Å². The van der Waals surface area contributed by atoms with Gasteiger partial charge in [-0.05, 0) is 25.3 Å². The van der Waals surface area contributed by atoms with Crippen molar-refractivity contribution in [1.82, 2.24) is 14.8 Å². The number of carbonyl (C=O) groups is 1. The Hall–Kier alpha value is -2.83. The molecule has 7 heteroatoms. The van der Waals surface area contributed by atoms with E-state index in [4.69, 9.17) is 9.15 Å². The number of amides is 1. The minimum atomic E-state index is -0.146. The van der Waals surface area contributed by atoms with Crippen molar-refractivity contribution in [2.24, 2.45) is 7.05 Å².